The minimum absolute atomic E-state index is 1.06. The van der Waals surface area contributed by atoms with Crippen LogP contribution in [0.5, 0.6) is 0 Å². The van der Waals surface area contributed by atoms with Gasteiger partial charge in [0.05, 0.1) is 11.0 Å². The Labute approximate surface area is 84.6 Å². The van der Waals surface area contributed by atoms with Crippen molar-refractivity contribution in [3.8, 4) is 0 Å². The van der Waals surface area contributed by atoms with Gasteiger partial charge in [-0.3, -0.25) is 0 Å². The number of fused-ring (bicyclic) bond motifs is 1. The first kappa shape index (κ1) is 9.25. The Morgan fingerprint density at radius 2 is 2.07 bits per heavy atom. The standard InChI is InChI=1S/C12H16N2/c1-4-7-14-10(3)13-11-6-5-9(2)8-12(11)14/h5-6,8H,4,7H2,1-3H3. The molecule has 0 amide bonds. The van der Waals surface area contributed by atoms with E-state index < -0.39 is 0 Å². The maximum absolute atomic E-state index is 4.54. The Bertz CT molecular complexity index is 455. The van der Waals surface area contributed by atoms with Gasteiger partial charge in [0.2, 0.25) is 0 Å². The molecule has 0 aliphatic rings. The molecule has 0 bridgehead atoms. The zero-order valence-corrected chi connectivity index (χ0v) is 9.04. The molecule has 0 aliphatic carbocycles. The van der Waals surface area contributed by atoms with E-state index in [0.717, 1.165) is 24.3 Å². The fourth-order valence-corrected chi connectivity index (χ4v) is 1.86. The van der Waals surface area contributed by atoms with Gasteiger partial charge >= 0.3 is 0 Å². The monoisotopic (exact) mass is 188 g/mol. The lowest BCUT2D eigenvalue weighted by atomic mass is 10.2. The molecule has 14 heavy (non-hydrogen) atoms. The summed E-state index contributed by atoms with van der Waals surface area (Å²) < 4.78 is 2.29. The van der Waals surface area contributed by atoms with E-state index in [-0.39, 0.29) is 0 Å². The topological polar surface area (TPSA) is 17.8 Å². The summed E-state index contributed by atoms with van der Waals surface area (Å²) >= 11 is 0. The molecule has 0 fully saturated rings. The van der Waals surface area contributed by atoms with E-state index in [1.165, 1.54) is 11.1 Å². The molecule has 2 aromatic rings. The van der Waals surface area contributed by atoms with Crippen LogP contribution < -0.4 is 0 Å². The van der Waals surface area contributed by atoms with Crippen molar-refractivity contribution in [3.63, 3.8) is 0 Å². The first-order valence-corrected chi connectivity index (χ1v) is 5.16. The molecule has 2 heteroatoms. The fourth-order valence-electron chi connectivity index (χ4n) is 1.86. The third kappa shape index (κ3) is 1.41. The summed E-state index contributed by atoms with van der Waals surface area (Å²) in [6.45, 7) is 7.45. The van der Waals surface area contributed by atoms with Gasteiger partial charge in [-0.25, -0.2) is 4.98 Å². The van der Waals surface area contributed by atoms with Crippen molar-refractivity contribution in [3.05, 3.63) is 29.6 Å². The van der Waals surface area contributed by atoms with Crippen molar-refractivity contribution in [2.45, 2.75) is 33.7 Å². The molecule has 0 saturated heterocycles. The van der Waals surface area contributed by atoms with Crippen LogP contribution in [0.3, 0.4) is 0 Å². The Balaban J connectivity index is 2.66. The normalized spacial score (nSPS) is 11.1. The SMILES string of the molecule is CCCn1c(C)nc2ccc(C)cc21. The molecule has 1 aromatic heterocycles. The van der Waals surface area contributed by atoms with Crippen LogP contribution in [0.1, 0.15) is 24.7 Å². The van der Waals surface area contributed by atoms with Crippen LogP contribution in [0.15, 0.2) is 18.2 Å². The second-order valence-electron chi connectivity index (χ2n) is 3.80. The quantitative estimate of drug-likeness (QED) is 0.708. The molecule has 0 aliphatic heterocycles. The number of rotatable bonds is 2. The number of aromatic nitrogens is 2. The number of aryl methyl sites for hydroxylation is 3. The van der Waals surface area contributed by atoms with Crippen molar-refractivity contribution in [2.75, 3.05) is 0 Å². The Kier molecular flexibility index (Phi) is 2.28. The first-order valence-electron chi connectivity index (χ1n) is 5.16. The summed E-state index contributed by atoms with van der Waals surface area (Å²) in [4.78, 5) is 4.54. The summed E-state index contributed by atoms with van der Waals surface area (Å²) in [6, 6.07) is 6.43. The van der Waals surface area contributed by atoms with Crippen LogP contribution in [0.4, 0.5) is 0 Å². The van der Waals surface area contributed by atoms with E-state index in [9.17, 15) is 0 Å². The van der Waals surface area contributed by atoms with Gasteiger partial charge in [0, 0.05) is 6.54 Å². The van der Waals surface area contributed by atoms with Crippen LogP contribution in [0, 0.1) is 13.8 Å². The first-order chi connectivity index (χ1) is 6.72. The van der Waals surface area contributed by atoms with Crippen molar-refractivity contribution in [1.29, 1.82) is 0 Å². The highest BCUT2D eigenvalue weighted by atomic mass is 15.1. The van der Waals surface area contributed by atoms with Gasteiger partial charge in [-0.05, 0) is 38.0 Å². The Hall–Kier alpha value is -1.31. The zero-order valence-electron chi connectivity index (χ0n) is 9.04. The van der Waals surface area contributed by atoms with Gasteiger partial charge < -0.3 is 4.57 Å². The van der Waals surface area contributed by atoms with Crippen LogP contribution in [-0.4, -0.2) is 9.55 Å². The molecule has 74 valence electrons. The molecule has 0 unspecified atom stereocenters. The minimum Gasteiger partial charge on any atom is -0.328 e. The summed E-state index contributed by atoms with van der Waals surface area (Å²) in [5.74, 6) is 1.12. The number of hydrogen-bond donors (Lipinski definition) is 0. The van der Waals surface area contributed by atoms with E-state index in [1.54, 1.807) is 0 Å². The van der Waals surface area contributed by atoms with Crippen molar-refractivity contribution in [2.24, 2.45) is 0 Å². The third-order valence-electron chi connectivity index (χ3n) is 2.54. The maximum atomic E-state index is 4.54. The van der Waals surface area contributed by atoms with Crippen molar-refractivity contribution in [1.82, 2.24) is 9.55 Å². The Morgan fingerprint density at radius 1 is 1.29 bits per heavy atom. The third-order valence-corrected chi connectivity index (χ3v) is 2.54. The van der Waals surface area contributed by atoms with Crippen LogP contribution >= 0.6 is 0 Å². The second kappa shape index (κ2) is 3.45. The highest BCUT2D eigenvalue weighted by Crippen LogP contribution is 2.17. The van der Waals surface area contributed by atoms with Crippen molar-refractivity contribution >= 4 is 11.0 Å². The van der Waals surface area contributed by atoms with Gasteiger partial charge in [0.25, 0.3) is 0 Å². The molecular weight excluding hydrogens is 172 g/mol. The predicted octanol–water partition coefficient (Wildman–Crippen LogP) is 3.06. The highest BCUT2D eigenvalue weighted by molar-refractivity contribution is 5.76. The number of benzene rings is 1. The number of hydrogen-bond acceptors (Lipinski definition) is 1. The molecule has 0 saturated carbocycles. The molecule has 0 N–H and O–H groups in total. The van der Waals surface area contributed by atoms with E-state index in [2.05, 4.69) is 48.5 Å². The average molecular weight is 188 g/mol. The second-order valence-corrected chi connectivity index (χ2v) is 3.80. The van der Waals surface area contributed by atoms with Crippen LogP contribution in [-0.2, 0) is 6.54 Å². The van der Waals surface area contributed by atoms with E-state index in [4.69, 9.17) is 0 Å². The molecule has 1 heterocycles. The highest BCUT2D eigenvalue weighted by Gasteiger charge is 2.05. The maximum Gasteiger partial charge on any atom is 0.106 e. The van der Waals surface area contributed by atoms with Crippen LogP contribution in [0.25, 0.3) is 11.0 Å². The summed E-state index contributed by atoms with van der Waals surface area (Å²) in [6.07, 6.45) is 1.15. The molecule has 2 nitrogen and oxygen atoms in total. The van der Waals surface area contributed by atoms with Crippen molar-refractivity contribution < 1.29 is 0 Å². The van der Waals surface area contributed by atoms with Crippen LogP contribution in [0.2, 0.25) is 0 Å². The van der Waals surface area contributed by atoms with E-state index in [1.807, 2.05) is 0 Å². The van der Waals surface area contributed by atoms with E-state index >= 15 is 0 Å². The Morgan fingerprint density at radius 3 is 2.79 bits per heavy atom. The van der Waals surface area contributed by atoms with E-state index in [0.29, 0.717) is 0 Å². The predicted molar refractivity (Wildman–Crippen MR) is 59.5 cm³/mol. The molecule has 2 rings (SSSR count). The lowest BCUT2D eigenvalue weighted by Gasteiger charge is -2.04. The van der Waals surface area contributed by atoms with Gasteiger partial charge in [0.15, 0.2) is 0 Å². The summed E-state index contributed by atoms with van der Waals surface area (Å²) in [5, 5.41) is 0. The van der Waals surface area contributed by atoms with Gasteiger partial charge in [-0.2, -0.15) is 0 Å². The minimum atomic E-state index is 1.06. The number of nitrogens with zero attached hydrogens (tertiary/aromatic N) is 2. The van der Waals surface area contributed by atoms with Gasteiger partial charge in [0.1, 0.15) is 5.82 Å². The largest absolute Gasteiger partial charge is 0.328 e. The lowest BCUT2D eigenvalue weighted by molar-refractivity contribution is 0.676. The molecule has 1 aromatic carbocycles. The zero-order chi connectivity index (χ0) is 10.1. The summed E-state index contributed by atoms with van der Waals surface area (Å²) in [7, 11) is 0. The average Bonchev–Trinajstić information content (AvgIpc) is 2.45. The molecule has 0 radical (unpaired) electrons. The smallest absolute Gasteiger partial charge is 0.106 e. The molecular formula is C12H16N2. The molecule has 0 atom stereocenters. The fraction of sp³-hybridized carbons (Fsp3) is 0.417. The number of imidazole rings is 1. The summed E-state index contributed by atoms with van der Waals surface area (Å²) in [5.41, 5.74) is 3.68. The van der Waals surface area contributed by atoms with Gasteiger partial charge in [-0.15, -0.1) is 0 Å². The van der Waals surface area contributed by atoms with Gasteiger partial charge in [-0.1, -0.05) is 13.0 Å². The molecule has 0 spiro atoms. The lowest BCUT2D eigenvalue weighted by Crippen LogP contribution is -1.98.